The zero-order valence-corrected chi connectivity index (χ0v) is 13.4. The van der Waals surface area contributed by atoms with Crippen molar-refractivity contribution in [3.05, 3.63) is 23.4 Å². The van der Waals surface area contributed by atoms with Crippen LogP contribution in [0.2, 0.25) is 0 Å². The molecule has 1 saturated carbocycles. The van der Waals surface area contributed by atoms with Gasteiger partial charge in [0.2, 0.25) is 5.89 Å². The first-order valence-electron chi connectivity index (χ1n) is 8.13. The highest BCUT2D eigenvalue weighted by atomic mass is 16.5. The van der Waals surface area contributed by atoms with E-state index in [1.807, 2.05) is 0 Å². The fourth-order valence-corrected chi connectivity index (χ4v) is 3.04. The molecule has 2 aliphatic rings. The van der Waals surface area contributed by atoms with Gasteiger partial charge in [0.1, 0.15) is 11.6 Å². The van der Waals surface area contributed by atoms with E-state index in [0.29, 0.717) is 11.8 Å². The Morgan fingerprint density at radius 2 is 1.95 bits per heavy atom. The highest BCUT2D eigenvalue weighted by Crippen LogP contribution is 2.38. The summed E-state index contributed by atoms with van der Waals surface area (Å²) in [5.41, 5.74) is 0. The molecule has 1 fully saturated rings. The third-order valence-corrected chi connectivity index (χ3v) is 4.63. The van der Waals surface area contributed by atoms with Gasteiger partial charge in [-0.1, -0.05) is 19.0 Å². The van der Waals surface area contributed by atoms with Crippen LogP contribution in [0.1, 0.15) is 74.9 Å². The lowest BCUT2D eigenvalue weighted by Crippen LogP contribution is -2.36. The lowest BCUT2D eigenvalue weighted by Gasteiger charge is -2.31. The van der Waals surface area contributed by atoms with E-state index in [1.54, 1.807) is 0 Å². The summed E-state index contributed by atoms with van der Waals surface area (Å²) in [5.74, 6) is 4.65. The van der Waals surface area contributed by atoms with Crippen molar-refractivity contribution in [1.29, 1.82) is 0 Å². The first-order valence-corrected chi connectivity index (χ1v) is 8.13. The lowest BCUT2D eigenvalue weighted by atomic mass is 10.2. The van der Waals surface area contributed by atoms with Gasteiger partial charge in [-0.05, 0) is 19.8 Å². The quantitative estimate of drug-likeness (QED) is 0.862. The van der Waals surface area contributed by atoms with Gasteiger partial charge in [0, 0.05) is 24.9 Å². The first-order chi connectivity index (χ1) is 10.6. The van der Waals surface area contributed by atoms with Gasteiger partial charge in [0.25, 0.3) is 0 Å². The number of rotatable bonds is 4. The second-order valence-corrected chi connectivity index (χ2v) is 6.69. The molecule has 22 heavy (non-hydrogen) atoms. The van der Waals surface area contributed by atoms with E-state index in [-0.39, 0.29) is 6.04 Å². The van der Waals surface area contributed by atoms with Crippen molar-refractivity contribution in [2.24, 2.45) is 0 Å². The molecule has 2 aromatic heterocycles. The summed E-state index contributed by atoms with van der Waals surface area (Å²) in [6.45, 7) is 9.09. The molecular formula is C15H22N6O. The number of nitrogens with zero attached hydrogens (tertiary/aromatic N) is 6. The molecule has 0 spiro atoms. The normalized spacial score (nSPS) is 20.4. The summed E-state index contributed by atoms with van der Waals surface area (Å²) in [5, 5.41) is 12.8. The molecule has 0 amide bonds. The molecule has 0 bridgehead atoms. The van der Waals surface area contributed by atoms with Crippen LogP contribution in [0.4, 0.5) is 0 Å². The maximum absolute atomic E-state index is 5.47. The summed E-state index contributed by atoms with van der Waals surface area (Å²) < 4.78 is 7.71. The molecule has 2 aromatic rings. The molecule has 0 radical (unpaired) electrons. The summed E-state index contributed by atoms with van der Waals surface area (Å²) >= 11 is 0. The van der Waals surface area contributed by atoms with Crippen LogP contribution in [0.25, 0.3) is 0 Å². The molecule has 7 heteroatoms. The molecule has 0 saturated heterocycles. The predicted octanol–water partition coefficient (Wildman–Crippen LogP) is 2.24. The molecular weight excluding hydrogens is 280 g/mol. The van der Waals surface area contributed by atoms with Crippen LogP contribution in [0.15, 0.2) is 4.52 Å². The molecule has 4 rings (SSSR count). The number of aromatic nitrogens is 5. The molecule has 1 atom stereocenters. The second kappa shape index (κ2) is 5.15. The van der Waals surface area contributed by atoms with Gasteiger partial charge in [-0.15, -0.1) is 10.2 Å². The third-order valence-electron chi connectivity index (χ3n) is 4.63. The fourth-order valence-electron chi connectivity index (χ4n) is 3.04. The summed E-state index contributed by atoms with van der Waals surface area (Å²) in [6, 6.07) is 0.118. The SMILES string of the molecule is CC(C)c1nnc2n1CCN([C@H](C)c1nc(C3CC3)no1)C2. The van der Waals surface area contributed by atoms with Gasteiger partial charge in [-0.3, -0.25) is 4.90 Å². The largest absolute Gasteiger partial charge is 0.338 e. The van der Waals surface area contributed by atoms with Crippen LogP contribution in [-0.2, 0) is 13.1 Å². The Morgan fingerprint density at radius 3 is 2.68 bits per heavy atom. The zero-order valence-electron chi connectivity index (χ0n) is 13.4. The maximum Gasteiger partial charge on any atom is 0.243 e. The molecule has 0 unspecified atom stereocenters. The van der Waals surface area contributed by atoms with Crippen molar-refractivity contribution in [2.75, 3.05) is 6.54 Å². The Hall–Kier alpha value is -1.76. The topological polar surface area (TPSA) is 72.9 Å². The number of fused-ring (bicyclic) bond motifs is 1. The van der Waals surface area contributed by atoms with Gasteiger partial charge in [-0.25, -0.2) is 0 Å². The van der Waals surface area contributed by atoms with Crippen LogP contribution < -0.4 is 0 Å². The van der Waals surface area contributed by atoms with Crippen LogP contribution >= 0.6 is 0 Å². The van der Waals surface area contributed by atoms with Crippen LogP contribution in [0.3, 0.4) is 0 Å². The van der Waals surface area contributed by atoms with Crippen molar-refractivity contribution in [3.63, 3.8) is 0 Å². The highest BCUT2D eigenvalue weighted by Gasteiger charge is 2.32. The fraction of sp³-hybridized carbons (Fsp3) is 0.733. The van der Waals surface area contributed by atoms with Crippen molar-refractivity contribution >= 4 is 0 Å². The first kappa shape index (κ1) is 13.9. The third kappa shape index (κ3) is 2.33. The van der Waals surface area contributed by atoms with Crippen molar-refractivity contribution in [1.82, 2.24) is 29.8 Å². The molecule has 0 aromatic carbocycles. The average molecular weight is 302 g/mol. The zero-order chi connectivity index (χ0) is 15.3. The lowest BCUT2D eigenvalue weighted by molar-refractivity contribution is 0.135. The Balaban J connectivity index is 1.51. The Labute approximate surface area is 129 Å². The van der Waals surface area contributed by atoms with Gasteiger partial charge in [0.15, 0.2) is 5.82 Å². The highest BCUT2D eigenvalue weighted by molar-refractivity contribution is 5.06. The molecule has 3 heterocycles. The van der Waals surface area contributed by atoms with Crippen LogP contribution in [0, 0.1) is 0 Å². The average Bonchev–Trinajstić information content (AvgIpc) is 3.10. The minimum Gasteiger partial charge on any atom is -0.338 e. The number of hydrogen-bond acceptors (Lipinski definition) is 6. The molecule has 0 N–H and O–H groups in total. The van der Waals surface area contributed by atoms with Gasteiger partial charge < -0.3 is 9.09 Å². The minimum absolute atomic E-state index is 0.118. The van der Waals surface area contributed by atoms with Crippen LogP contribution in [0.5, 0.6) is 0 Å². The number of hydrogen-bond donors (Lipinski definition) is 0. The van der Waals surface area contributed by atoms with E-state index in [4.69, 9.17) is 4.52 Å². The monoisotopic (exact) mass is 302 g/mol. The molecule has 7 nitrogen and oxygen atoms in total. The predicted molar refractivity (Wildman–Crippen MR) is 79.2 cm³/mol. The summed E-state index contributed by atoms with van der Waals surface area (Å²) in [7, 11) is 0. The van der Waals surface area contributed by atoms with E-state index < -0.39 is 0 Å². The molecule has 1 aliphatic carbocycles. The second-order valence-electron chi connectivity index (χ2n) is 6.69. The smallest absolute Gasteiger partial charge is 0.243 e. The van der Waals surface area contributed by atoms with Gasteiger partial charge in [0.05, 0.1) is 12.6 Å². The molecule has 1 aliphatic heterocycles. The van der Waals surface area contributed by atoms with E-state index in [9.17, 15) is 0 Å². The van der Waals surface area contributed by atoms with Crippen molar-refractivity contribution < 1.29 is 4.52 Å². The Morgan fingerprint density at radius 1 is 1.14 bits per heavy atom. The Bertz CT molecular complexity index is 671. The van der Waals surface area contributed by atoms with Gasteiger partial charge >= 0.3 is 0 Å². The molecule has 118 valence electrons. The van der Waals surface area contributed by atoms with E-state index in [0.717, 1.165) is 43.0 Å². The van der Waals surface area contributed by atoms with Crippen molar-refractivity contribution in [3.8, 4) is 0 Å². The maximum atomic E-state index is 5.47. The van der Waals surface area contributed by atoms with Gasteiger partial charge in [-0.2, -0.15) is 4.98 Å². The summed E-state index contributed by atoms with van der Waals surface area (Å²) in [4.78, 5) is 6.91. The van der Waals surface area contributed by atoms with Crippen molar-refractivity contribution in [2.45, 2.75) is 64.6 Å². The Kier molecular flexibility index (Phi) is 3.25. The van der Waals surface area contributed by atoms with E-state index >= 15 is 0 Å². The van der Waals surface area contributed by atoms with E-state index in [2.05, 4.69) is 50.6 Å². The minimum atomic E-state index is 0.118. The summed E-state index contributed by atoms with van der Waals surface area (Å²) in [6.07, 6.45) is 2.39. The van der Waals surface area contributed by atoms with Crippen LogP contribution in [-0.4, -0.2) is 36.3 Å². The standard InChI is InChI=1S/C15H22N6O/c1-9(2)14-18-17-12-8-20(6-7-21(12)14)10(3)15-16-13(19-22-15)11-4-5-11/h9-11H,4-8H2,1-3H3/t10-/m1/s1. The van der Waals surface area contributed by atoms with E-state index in [1.165, 1.54) is 12.8 Å².